The summed E-state index contributed by atoms with van der Waals surface area (Å²) in [6.07, 6.45) is 0.735. The summed E-state index contributed by atoms with van der Waals surface area (Å²) in [6.45, 7) is 0.757. The van der Waals surface area contributed by atoms with Crippen LogP contribution in [0, 0.1) is 0 Å². The Morgan fingerprint density at radius 3 is 2.59 bits per heavy atom. The zero-order valence-electron chi connectivity index (χ0n) is 16.1. The van der Waals surface area contributed by atoms with Gasteiger partial charge >= 0.3 is 11.6 Å². The normalized spacial score (nSPS) is 10.5. The van der Waals surface area contributed by atoms with Gasteiger partial charge in [0.15, 0.2) is 6.61 Å². The van der Waals surface area contributed by atoms with Gasteiger partial charge in [-0.15, -0.1) is 0 Å². The van der Waals surface area contributed by atoms with Gasteiger partial charge in [-0.2, -0.15) is 0 Å². The van der Waals surface area contributed by atoms with E-state index in [1.807, 2.05) is 37.4 Å². The van der Waals surface area contributed by atoms with Gasteiger partial charge in [-0.1, -0.05) is 36.4 Å². The van der Waals surface area contributed by atoms with Gasteiger partial charge in [0.1, 0.15) is 11.1 Å². The Hall–Kier alpha value is -3.61. The maximum absolute atomic E-state index is 12.1. The first kappa shape index (κ1) is 20.1. The minimum Gasteiger partial charge on any atom is -0.452 e. The van der Waals surface area contributed by atoms with Gasteiger partial charge in [0.2, 0.25) is 0 Å². The van der Waals surface area contributed by atoms with Gasteiger partial charge in [-0.25, -0.2) is 9.59 Å². The zero-order valence-corrected chi connectivity index (χ0v) is 16.1. The van der Waals surface area contributed by atoms with E-state index in [4.69, 9.17) is 9.15 Å². The molecule has 0 atom stereocenters. The lowest BCUT2D eigenvalue weighted by Crippen LogP contribution is -2.32. The lowest BCUT2D eigenvalue weighted by molar-refractivity contribution is -0.124. The zero-order chi connectivity index (χ0) is 20.6. The number of benzene rings is 2. The SMILES string of the molecule is CN(CCCNC(=O)COC(=O)c1cc2ccccc2oc1=O)c1ccccc1. The number of nitrogens with zero attached hydrogens (tertiary/aromatic N) is 1. The molecule has 29 heavy (non-hydrogen) atoms. The lowest BCUT2D eigenvalue weighted by Gasteiger charge is -2.19. The summed E-state index contributed by atoms with van der Waals surface area (Å²) in [5.74, 6) is -1.31. The minimum absolute atomic E-state index is 0.235. The van der Waals surface area contributed by atoms with Crippen molar-refractivity contribution in [3.63, 3.8) is 0 Å². The van der Waals surface area contributed by atoms with Crippen molar-refractivity contribution in [3.05, 3.63) is 76.6 Å². The summed E-state index contributed by atoms with van der Waals surface area (Å²) < 4.78 is 10.0. The van der Waals surface area contributed by atoms with Crippen molar-refractivity contribution in [2.75, 3.05) is 31.6 Å². The summed E-state index contributed by atoms with van der Waals surface area (Å²) in [5.41, 5.74) is 0.452. The summed E-state index contributed by atoms with van der Waals surface area (Å²) in [6, 6.07) is 18.2. The number of carbonyl (C=O) groups excluding carboxylic acids is 2. The quantitative estimate of drug-likeness (QED) is 0.359. The molecular weight excluding hydrogens is 372 g/mol. The summed E-state index contributed by atoms with van der Waals surface area (Å²) >= 11 is 0. The monoisotopic (exact) mass is 394 g/mol. The second kappa shape index (κ2) is 9.54. The predicted molar refractivity (Wildman–Crippen MR) is 110 cm³/mol. The van der Waals surface area contributed by atoms with Crippen LogP contribution in [0.15, 0.2) is 69.9 Å². The average molecular weight is 394 g/mol. The molecule has 1 amide bonds. The van der Waals surface area contributed by atoms with Crippen molar-refractivity contribution in [2.24, 2.45) is 0 Å². The van der Waals surface area contributed by atoms with Crippen LogP contribution in [0.25, 0.3) is 11.0 Å². The van der Waals surface area contributed by atoms with Crippen LogP contribution in [0.3, 0.4) is 0 Å². The number of hydrogen-bond acceptors (Lipinski definition) is 6. The molecule has 1 N–H and O–H groups in total. The van der Waals surface area contributed by atoms with Crippen LogP contribution in [0.2, 0.25) is 0 Å². The average Bonchev–Trinajstić information content (AvgIpc) is 2.75. The van der Waals surface area contributed by atoms with E-state index < -0.39 is 24.1 Å². The Morgan fingerprint density at radius 1 is 1.07 bits per heavy atom. The molecule has 0 unspecified atom stereocenters. The Labute approximate surface area is 167 Å². The fourth-order valence-corrected chi connectivity index (χ4v) is 2.82. The third-order valence-electron chi connectivity index (χ3n) is 4.39. The number of anilines is 1. The van der Waals surface area contributed by atoms with E-state index in [9.17, 15) is 14.4 Å². The van der Waals surface area contributed by atoms with E-state index >= 15 is 0 Å². The summed E-state index contributed by atoms with van der Waals surface area (Å²) in [5, 5.41) is 3.30. The predicted octanol–water partition coefficient (Wildman–Crippen LogP) is 2.59. The van der Waals surface area contributed by atoms with E-state index in [0.717, 1.165) is 18.7 Å². The molecule has 0 spiro atoms. The topological polar surface area (TPSA) is 88.8 Å². The van der Waals surface area contributed by atoms with Crippen molar-refractivity contribution in [3.8, 4) is 0 Å². The van der Waals surface area contributed by atoms with E-state index in [0.29, 0.717) is 17.5 Å². The summed E-state index contributed by atoms with van der Waals surface area (Å²) in [7, 11) is 1.98. The number of nitrogens with one attached hydrogen (secondary N) is 1. The highest BCUT2D eigenvalue weighted by Gasteiger charge is 2.16. The van der Waals surface area contributed by atoms with Crippen LogP contribution in [0.4, 0.5) is 5.69 Å². The molecule has 7 heteroatoms. The van der Waals surface area contributed by atoms with Crippen LogP contribution in [0.1, 0.15) is 16.8 Å². The number of amides is 1. The molecule has 2 aromatic carbocycles. The molecule has 3 aromatic rings. The van der Waals surface area contributed by atoms with Gasteiger partial charge in [-0.05, 0) is 30.7 Å². The van der Waals surface area contributed by atoms with Gasteiger partial charge in [0, 0.05) is 31.2 Å². The van der Waals surface area contributed by atoms with Crippen molar-refractivity contribution >= 4 is 28.5 Å². The highest BCUT2D eigenvalue weighted by Crippen LogP contribution is 2.13. The Bertz CT molecular complexity index is 1050. The molecule has 0 saturated carbocycles. The van der Waals surface area contributed by atoms with Gasteiger partial charge < -0.3 is 19.4 Å². The molecule has 0 bridgehead atoms. The maximum atomic E-state index is 12.1. The molecule has 7 nitrogen and oxygen atoms in total. The second-order valence-corrected chi connectivity index (χ2v) is 6.52. The third kappa shape index (κ3) is 5.44. The van der Waals surface area contributed by atoms with Gasteiger partial charge in [-0.3, -0.25) is 4.79 Å². The lowest BCUT2D eigenvalue weighted by atomic mass is 10.2. The molecule has 1 heterocycles. The van der Waals surface area contributed by atoms with E-state index in [1.54, 1.807) is 24.3 Å². The van der Waals surface area contributed by atoms with Crippen LogP contribution in [0.5, 0.6) is 0 Å². The van der Waals surface area contributed by atoms with Crippen LogP contribution >= 0.6 is 0 Å². The number of rotatable bonds is 8. The number of hydrogen-bond donors (Lipinski definition) is 1. The molecule has 0 aliphatic carbocycles. The van der Waals surface area contributed by atoms with Crippen molar-refractivity contribution in [2.45, 2.75) is 6.42 Å². The Balaban J connectivity index is 1.43. The van der Waals surface area contributed by atoms with Crippen molar-refractivity contribution in [1.29, 1.82) is 0 Å². The Kier molecular flexibility index (Phi) is 6.63. The van der Waals surface area contributed by atoms with E-state index in [2.05, 4.69) is 10.2 Å². The molecule has 0 fully saturated rings. The number of esters is 1. The van der Waals surface area contributed by atoms with Crippen molar-refractivity contribution < 1.29 is 18.7 Å². The largest absolute Gasteiger partial charge is 0.452 e. The fourth-order valence-electron chi connectivity index (χ4n) is 2.82. The minimum atomic E-state index is -0.886. The standard InChI is InChI=1S/C22H22N2O5/c1-24(17-9-3-2-4-10-17)13-7-12-23-20(25)15-28-21(26)18-14-16-8-5-6-11-19(16)29-22(18)27/h2-6,8-11,14H,7,12-13,15H2,1H3,(H,23,25). The molecule has 0 radical (unpaired) electrons. The summed E-state index contributed by atoms with van der Waals surface area (Å²) in [4.78, 5) is 38.0. The van der Waals surface area contributed by atoms with Gasteiger partial charge in [0.05, 0.1) is 0 Å². The number of carbonyl (C=O) groups is 2. The van der Waals surface area contributed by atoms with Crippen LogP contribution in [-0.4, -0.2) is 38.6 Å². The van der Waals surface area contributed by atoms with Crippen LogP contribution in [-0.2, 0) is 9.53 Å². The number of fused-ring (bicyclic) bond motifs is 1. The fraction of sp³-hybridized carbons (Fsp3) is 0.227. The molecule has 0 aliphatic heterocycles. The molecule has 3 rings (SSSR count). The molecule has 0 aliphatic rings. The smallest absolute Gasteiger partial charge is 0.351 e. The first-order valence-electron chi connectivity index (χ1n) is 9.27. The molecular formula is C22H22N2O5. The van der Waals surface area contributed by atoms with E-state index in [-0.39, 0.29) is 5.56 Å². The Morgan fingerprint density at radius 2 is 1.79 bits per heavy atom. The van der Waals surface area contributed by atoms with E-state index in [1.165, 1.54) is 6.07 Å². The molecule has 0 saturated heterocycles. The molecule has 1 aromatic heterocycles. The first-order valence-corrected chi connectivity index (χ1v) is 9.27. The second-order valence-electron chi connectivity index (χ2n) is 6.52. The van der Waals surface area contributed by atoms with Gasteiger partial charge in [0.25, 0.3) is 5.91 Å². The van der Waals surface area contributed by atoms with Crippen molar-refractivity contribution in [1.82, 2.24) is 5.32 Å². The maximum Gasteiger partial charge on any atom is 0.351 e. The highest BCUT2D eigenvalue weighted by molar-refractivity contribution is 5.94. The molecule has 150 valence electrons. The number of para-hydroxylation sites is 2. The first-order chi connectivity index (χ1) is 14.0. The highest BCUT2D eigenvalue weighted by atomic mass is 16.5. The number of ether oxygens (including phenoxy) is 1. The third-order valence-corrected chi connectivity index (χ3v) is 4.39. The van der Waals surface area contributed by atoms with Crippen LogP contribution < -0.4 is 15.8 Å².